The normalized spacial score (nSPS) is 27.8. The number of benzene rings is 1. The third kappa shape index (κ3) is 6.60. The summed E-state index contributed by atoms with van der Waals surface area (Å²) in [5, 5.41) is 22.9. The number of alkyl halides is 2. The van der Waals surface area contributed by atoms with Crippen molar-refractivity contribution in [1.29, 1.82) is 0 Å². The minimum absolute atomic E-state index is 0.0397. The van der Waals surface area contributed by atoms with Gasteiger partial charge in [-0.1, -0.05) is 26.0 Å². The molecule has 2 aliphatic rings. The molecule has 3 rings (SSSR count). The summed E-state index contributed by atoms with van der Waals surface area (Å²) in [7, 11) is 0. The number of rotatable bonds is 8. The average molecular weight is 473 g/mol. The zero-order chi connectivity index (χ0) is 24.4. The van der Waals surface area contributed by atoms with E-state index in [1.165, 1.54) is 18.2 Å². The van der Waals surface area contributed by atoms with Crippen LogP contribution in [0.25, 0.3) is 0 Å². The predicted molar refractivity (Wildman–Crippen MR) is 114 cm³/mol. The Morgan fingerprint density at radius 3 is 2.45 bits per heavy atom. The summed E-state index contributed by atoms with van der Waals surface area (Å²) in [4.78, 5) is 25.5. The minimum atomic E-state index is -2.78. The number of halogens is 3. The lowest BCUT2D eigenvalue weighted by atomic mass is 9.85. The first-order valence-electron chi connectivity index (χ1n) is 11.1. The van der Waals surface area contributed by atoms with Crippen LogP contribution in [0.15, 0.2) is 24.3 Å². The predicted octanol–water partition coefficient (Wildman–Crippen LogP) is 2.81. The number of aliphatic hydroxyl groups excluding tert-OH is 1. The van der Waals surface area contributed by atoms with Crippen molar-refractivity contribution in [2.24, 2.45) is 5.41 Å². The molecule has 1 saturated heterocycles. The highest BCUT2D eigenvalue weighted by atomic mass is 19.3. The van der Waals surface area contributed by atoms with Crippen molar-refractivity contribution in [1.82, 2.24) is 10.2 Å². The second-order valence-electron chi connectivity index (χ2n) is 9.78. The van der Waals surface area contributed by atoms with Crippen molar-refractivity contribution in [3.8, 4) is 5.75 Å². The van der Waals surface area contributed by atoms with E-state index in [9.17, 15) is 27.9 Å². The molecule has 10 heteroatoms. The van der Waals surface area contributed by atoms with E-state index in [0.29, 0.717) is 0 Å². The van der Waals surface area contributed by atoms with Crippen LogP contribution in [0.4, 0.5) is 13.2 Å². The molecule has 2 fully saturated rings. The summed E-state index contributed by atoms with van der Waals surface area (Å²) in [6.07, 6.45) is -2.83. The monoisotopic (exact) mass is 472 g/mol. The lowest BCUT2D eigenvalue weighted by Gasteiger charge is -2.39. The largest absolute Gasteiger partial charge is 0.485 e. The molecule has 7 nitrogen and oxygen atoms in total. The van der Waals surface area contributed by atoms with Crippen molar-refractivity contribution >= 4 is 11.9 Å². The van der Waals surface area contributed by atoms with E-state index < -0.39 is 53.3 Å². The van der Waals surface area contributed by atoms with Crippen molar-refractivity contribution in [3.63, 3.8) is 0 Å². The molecular formula is C23H31F3N2O5. The number of likely N-dealkylation sites (tertiary alicyclic amines) is 1. The van der Waals surface area contributed by atoms with Crippen LogP contribution in [0.3, 0.4) is 0 Å². The molecule has 1 saturated carbocycles. The van der Waals surface area contributed by atoms with Gasteiger partial charge in [0.2, 0.25) is 5.91 Å². The number of carboxylic acid groups (broad SMARTS) is 1. The van der Waals surface area contributed by atoms with E-state index in [4.69, 9.17) is 9.84 Å². The molecule has 3 N–H and O–H groups in total. The number of amides is 1. The van der Waals surface area contributed by atoms with Crippen LogP contribution in [0.5, 0.6) is 5.75 Å². The number of nitrogens with zero attached hydrogens (tertiary/aromatic N) is 1. The molecule has 33 heavy (non-hydrogen) atoms. The molecular weight excluding hydrogens is 441 g/mol. The van der Waals surface area contributed by atoms with Gasteiger partial charge in [0.05, 0.1) is 18.5 Å². The smallest absolute Gasteiger partial charge is 0.303 e. The number of aliphatic carboxylic acids is 1. The van der Waals surface area contributed by atoms with E-state index in [2.05, 4.69) is 5.32 Å². The number of carbonyl (C=O) groups is 2. The van der Waals surface area contributed by atoms with Crippen molar-refractivity contribution in [2.75, 3.05) is 13.1 Å². The first kappa shape index (κ1) is 25.3. The summed E-state index contributed by atoms with van der Waals surface area (Å²) in [5.41, 5.74) is -0.793. The van der Waals surface area contributed by atoms with Crippen LogP contribution >= 0.6 is 0 Å². The fourth-order valence-corrected chi connectivity index (χ4v) is 4.74. The summed E-state index contributed by atoms with van der Waals surface area (Å²) < 4.78 is 47.2. The van der Waals surface area contributed by atoms with E-state index in [1.54, 1.807) is 24.8 Å². The van der Waals surface area contributed by atoms with Crippen molar-refractivity contribution in [2.45, 2.75) is 76.2 Å². The second kappa shape index (κ2) is 9.89. The van der Waals surface area contributed by atoms with Gasteiger partial charge in [0, 0.05) is 38.8 Å². The maximum Gasteiger partial charge on any atom is 0.303 e. The lowest BCUT2D eigenvalue weighted by Crippen LogP contribution is -2.56. The van der Waals surface area contributed by atoms with Gasteiger partial charge in [-0.25, -0.2) is 13.2 Å². The Morgan fingerprint density at radius 2 is 1.85 bits per heavy atom. The molecule has 184 valence electrons. The Hall–Kier alpha value is -2.33. The van der Waals surface area contributed by atoms with Gasteiger partial charge in [0.25, 0.3) is 5.92 Å². The molecule has 0 unspecified atom stereocenters. The average Bonchev–Trinajstić information content (AvgIpc) is 2.97. The topological polar surface area (TPSA) is 99.1 Å². The van der Waals surface area contributed by atoms with Gasteiger partial charge in [0.1, 0.15) is 12.2 Å². The third-order valence-corrected chi connectivity index (χ3v) is 6.31. The maximum absolute atomic E-state index is 14.1. The molecule has 1 aliphatic carbocycles. The second-order valence-corrected chi connectivity index (χ2v) is 9.78. The highest BCUT2D eigenvalue weighted by Crippen LogP contribution is 2.35. The van der Waals surface area contributed by atoms with E-state index in [-0.39, 0.29) is 50.9 Å². The Morgan fingerprint density at radius 1 is 1.21 bits per heavy atom. The molecule has 0 spiro atoms. The zero-order valence-corrected chi connectivity index (χ0v) is 18.8. The quantitative estimate of drug-likeness (QED) is 0.538. The number of hydrogen-bond donors (Lipinski definition) is 3. The van der Waals surface area contributed by atoms with Gasteiger partial charge in [-0.2, -0.15) is 0 Å². The van der Waals surface area contributed by atoms with Gasteiger partial charge in [-0.05, 0) is 17.5 Å². The number of aliphatic hydroxyl groups is 1. The van der Waals surface area contributed by atoms with Gasteiger partial charge in [0.15, 0.2) is 11.6 Å². The van der Waals surface area contributed by atoms with Gasteiger partial charge in [-0.15, -0.1) is 0 Å². The van der Waals surface area contributed by atoms with Crippen LogP contribution in [-0.2, 0) is 9.59 Å². The fourth-order valence-electron chi connectivity index (χ4n) is 4.74. The Balaban J connectivity index is 1.75. The third-order valence-electron chi connectivity index (χ3n) is 6.31. The van der Waals surface area contributed by atoms with Gasteiger partial charge in [-0.3, -0.25) is 14.5 Å². The standard InChI is InChI=1S/C23H31F3N2O5/c1-22(2,13-19(30)31)12-18(29)27-15-11-17(33-16-6-4-3-5-14(16)24)21(32)20(15)28-9-7-23(25,26)8-10-28/h3-6,15,17,20-21,32H,7-13H2,1-2H3,(H,27,29)(H,30,31)/t15-,17-,20+,21+/m1/s1. The summed E-state index contributed by atoms with van der Waals surface area (Å²) >= 11 is 0. The molecule has 1 amide bonds. The van der Waals surface area contributed by atoms with Gasteiger partial charge < -0.3 is 20.3 Å². The van der Waals surface area contributed by atoms with Crippen LogP contribution in [0.2, 0.25) is 0 Å². The molecule has 1 aromatic carbocycles. The summed E-state index contributed by atoms with van der Waals surface area (Å²) in [5.74, 6) is -4.84. The van der Waals surface area contributed by atoms with Crippen LogP contribution in [-0.4, -0.2) is 70.3 Å². The first-order valence-corrected chi connectivity index (χ1v) is 11.1. The number of nitrogens with one attached hydrogen (secondary N) is 1. The van der Waals surface area contributed by atoms with E-state index >= 15 is 0 Å². The minimum Gasteiger partial charge on any atom is -0.485 e. The number of carboxylic acids is 1. The Kier molecular flexibility index (Phi) is 7.58. The van der Waals surface area contributed by atoms with Crippen LogP contribution in [0, 0.1) is 11.2 Å². The molecule has 1 aromatic rings. The number of carbonyl (C=O) groups excluding carboxylic acids is 1. The Labute approximate surface area is 190 Å². The lowest BCUT2D eigenvalue weighted by molar-refractivity contribution is -0.139. The molecule has 4 atom stereocenters. The molecule has 0 radical (unpaired) electrons. The van der Waals surface area contributed by atoms with Gasteiger partial charge >= 0.3 is 5.97 Å². The maximum atomic E-state index is 14.1. The number of ether oxygens (including phenoxy) is 1. The number of piperidine rings is 1. The van der Waals surface area contributed by atoms with E-state index in [0.717, 1.165) is 0 Å². The molecule has 1 heterocycles. The molecule has 0 aromatic heterocycles. The fraction of sp³-hybridized carbons (Fsp3) is 0.652. The SMILES string of the molecule is CC(C)(CC(=O)O)CC(=O)N[C@@H]1C[C@@H](Oc2ccccc2F)[C@H](O)[C@H]1N1CCC(F)(F)CC1. The van der Waals surface area contributed by atoms with E-state index in [1.807, 2.05) is 0 Å². The highest BCUT2D eigenvalue weighted by molar-refractivity contribution is 5.78. The zero-order valence-electron chi connectivity index (χ0n) is 18.8. The van der Waals surface area contributed by atoms with Crippen LogP contribution < -0.4 is 10.1 Å². The number of hydrogen-bond acceptors (Lipinski definition) is 5. The molecule has 1 aliphatic heterocycles. The van der Waals surface area contributed by atoms with Crippen LogP contribution in [0.1, 0.15) is 46.0 Å². The molecule has 0 bridgehead atoms. The number of para-hydroxylation sites is 1. The highest BCUT2D eigenvalue weighted by Gasteiger charge is 2.49. The summed E-state index contributed by atoms with van der Waals surface area (Å²) in [6, 6.07) is 4.43. The first-order chi connectivity index (χ1) is 15.4. The summed E-state index contributed by atoms with van der Waals surface area (Å²) in [6.45, 7) is 3.41. The van der Waals surface area contributed by atoms with Crippen molar-refractivity contribution < 1.29 is 37.7 Å². The van der Waals surface area contributed by atoms with Crippen molar-refractivity contribution in [3.05, 3.63) is 30.1 Å². The Bertz CT molecular complexity index is 856.